The van der Waals surface area contributed by atoms with Gasteiger partial charge in [-0.05, 0) is 63.4 Å². The van der Waals surface area contributed by atoms with E-state index in [1.807, 2.05) is 37.6 Å². The zero-order valence-electron chi connectivity index (χ0n) is 15.4. The maximum atomic E-state index is 12.4. The number of aromatic nitrogens is 3. The molecular weight excluding hydrogens is 326 g/mol. The van der Waals surface area contributed by atoms with Crippen LogP contribution in [0.1, 0.15) is 44.2 Å². The molecule has 26 heavy (non-hydrogen) atoms. The predicted octanol–water partition coefficient (Wildman–Crippen LogP) is 2.42. The van der Waals surface area contributed by atoms with Crippen LogP contribution in [0.4, 0.5) is 0 Å². The molecular formula is C20H27N5O. The molecule has 6 heteroatoms. The zero-order chi connectivity index (χ0) is 17.9. The largest absolute Gasteiger partial charge is 0.353 e. The molecule has 0 bridgehead atoms. The van der Waals surface area contributed by atoms with Crippen LogP contribution in [-0.4, -0.2) is 51.2 Å². The average molecular weight is 353 g/mol. The van der Waals surface area contributed by atoms with Crippen LogP contribution in [0.25, 0.3) is 11.1 Å². The fraction of sp³-hybridized carbons (Fsp3) is 0.550. The second-order valence-corrected chi connectivity index (χ2v) is 7.39. The van der Waals surface area contributed by atoms with Gasteiger partial charge in [-0.15, -0.1) is 0 Å². The molecule has 3 heterocycles. The van der Waals surface area contributed by atoms with Gasteiger partial charge in [-0.1, -0.05) is 0 Å². The maximum Gasteiger partial charge on any atom is 0.237 e. The first-order valence-electron chi connectivity index (χ1n) is 9.72. The van der Waals surface area contributed by atoms with Crippen LogP contribution in [0.2, 0.25) is 0 Å². The number of carbonyl (C=O) groups excluding carboxylic acids is 1. The first-order valence-corrected chi connectivity index (χ1v) is 9.72. The Bertz CT molecular complexity index is 747. The fourth-order valence-corrected chi connectivity index (χ4v) is 3.84. The average Bonchev–Trinajstić information content (AvgIpc) is 3.19. The van der Waals surface area contributed by atoms with E-state index >= 15 is 0 Å². The van der Waals surface area contributed by atoms with Gasteiger partial charge >= 0.3 is 0 Å². The highest BCUT2D eigenvalue weighted by Gasteiger charge is 2.30. The Morgan fingerprint density at radius 3 is 2.69 bits per heavy atom. The van der Waals surface area contributed by atoms with Crippen molar-refractivity contribution in [3.05, 3.63) is 36.4 Å². The molecule has 2 aromatic heterocycles. The second kappa shape index (κ2) is 7.58. The molecule has 2 aliphatic rings. The standard InChI is InChI=1S/C20H27N5O/c1-15(24-11-2-3-12-24)20(26)22-10-13-25-19(17-4-5-17)18(14-23-25)16-6-8-21-9-7-16/h6-9,14-15,17H,2-5,10-13H2,1H3,(H,22,26). The summed E-state index contributed by atoms with van der Waals surface area (Å²) in [5.74, 6) is 0.723. The van der Waals surface area contributed by atoms with Crippen LogP contribution in [0.15, 0.2) is 30.7 Å². The van der Waals surface area contributed by atoms with Crippen molar-refractivity contribution in [2.75, 3.05) is 19.6 Å². The molecule has 0 radical (unpaired) electrons. The van der Waals surface area contributed by atoms with Crippen molar-refractivity contribution in [3.63, 3.8) is 0 Å². The Balaban J connectivity index is 1.39. The summed E-state index contributed by atoms with van der Waals surface area (Å²) in [6.45, 7) is 5.42. The smallest absolute Gasteiger partial charge is 0.237 e. The molecule has 1 saturated heterocycles. The lowest BCUT2D eigenvalue weighted by Crippen LogP contribution is -2.44. The molecule has 1 amide bonds. The van der Waals surface area contributed by atoms with Crippen LogP contribution in [0.3, 0.4) is 0 Å². The fourth-order valence-electron chi connectivity index (χ4n) is 3.84. The molecule has 2 aromatic rings. The molecule has 1 unspecified atom stereocenters. The van der Waals surface area contributed by atoms with Crippen LogP contribution >= 0.6 is 0 Å². The van der Waals surface area contributed by atoms with Crippen molar-refractivity contribution in [1.82, 2.24) is 25.0 Å². The van der Waals surface area contributed by atoms with Crippen molar-refractivity contribution < 1.29 is 4.79 Å². The third kappa shape index (κ3) is 3.65. The minimum atomic E-state index is -0.0367. The Labute approximate surface area is 154 Å². The van der Waals surface area contributed by atoms with E-state index in [2.05, 4.69) is 25.0 Å². The first-order chi connectivity index (χ1) is 12.7. The van der Waals surface area contributed by atoms with Crippen molar-refractivity contribution in [2.24, 2.45) is 0 Å². The molecule has 1 atom stereocenters. The monoisotopic (exact) mass is 353 g/mol. The summed E-state index contributed by atoms with van der Waals surface area (Å²) in [7, 11) is 0. The number of likely N-dealkylation sites (tertiary alicyclic amines) is 1. The lowest BCUT2D eigenvalue weighted by Gasteiger charge is -2.22. The van der Waals surface area contributed by atoms with Gasteiger partial charge in [0.25, 0.3) is 0 Å². The highest BCUT2D eigenvalue weighted by atomic mass is 16.2. The number of pyridine rings is 1. The summed E-state index contributed by atoms with van der Waals surface area (Å²) < 4.78 is 2.08. The van der Waals surface area contributed by atoms with Gasteiger partial charge < -0.3 is 5.32 Å². The minimum Gasteiger partial charge on any atom is -0.353 e. The summed E-state index contributed by atoms with van der Waals surface area (Å²) >= 11 is 0. The van der Waals surface area contributed by atoms with Gasteiger partial charge in [-0.2, -0.15) is 5.10 Å². The minimum absolute atomic E-state index is 0.0367. The molecule has 2 fully saturated rings. The lowest BCUT2D eigenvalue weighted by atomic mass is 10.1. The van der Waals surface area contributed by atoms with Crippen LogP contribution in [0.5, 0.6) is 0 Å². The lowest BCUT2D eigenvalue weighted by molar-refractivity contribution is -0.125. The van der Waals surface area contributed by atoms with Gasteiger partial charge in [0.15, 0.2) is 0 Å². The number of rotatable bonds is 7. The van der Waals surface area contributed by atoms with Gasteiger partial charge in [0, 0.05) is 36.1 Å². The van der Waals surface area contributed by atoms with E-state index in [1.54, 1.807) is 0 Å². The third-order valence-corrected chi connectivity index (χ3v) is 5.53. The van der Waals surface area contributed by atoms with Crippen LogP contribution in [-0.2, 0) is 11.3 Å². The van der Waals surface area contributed by atoms with Gasteiger partial charge in [0.1, 0.15) is 0 Å². The van der Waals surface area contributed by atoms with Crippen molar-refractivity contribution in [3.8, 4) is 11.1 Å². The number of carbonyl (C=O) groups is 1. The van der Waals surface area contributed by atoms with Crippen LogP contribution in [0, 0.1) is 0 Å². The number of amides is 1. The third-order valence-electron chi connectivity index (χ3n) is 5.53. The predicted molar refractivity (Wildman–Crippen MR) is 101 cm³/mol. The number of hydrogen-bond donors (Lipinski definition) is 1. The molecule has 6 nitrogen and oxygen atoms in total. The summed E-state index contributed by atoms with van der Waals surface area (Å²) in [5.41, 5.74) is 3.67. The normalized spacial score (nSPS) is 18.8. The van der Waals surface area contributed by atoms with E-state index in [0.29, 0.717) is 12.5 Å². The Morgan fingerprint density at radius 1 is 1.27 bits per heavy atom. The van der Waals surface area contributed by atoms with E-state index in [9.17, 15) is 4.79 Å². The maximum absolute atomic E-state index is 12.4. The number of nitrogens with zero attached hydrogens (tertiary/aromatic N) is 4. The molecule has 1 aliphatic carbocycles. The quantitative estimate of drug-likeness (QED) is 0.830. The molecule has 0 aromatic carbocycles. The summed E-state index contributed by atoms with van der Waals surface area (Å²) in [5, 5.41) is 7.70. The van der Waals surface area contributed by atoms with E-state index in [0.717, 1.165) is 19.6 Å². The van der Waals surface area contributed by atoms with Crippen LogP contribution < -0.4 is 5.32 Å². The zero-order valence-corrected chi connectivity index (χ0v) is 15.4. The van der Waals surface area contributed by atoms with E-state index in [1.165, 1.54) is 42.5 Å². The molecule has 1 saturated carbocycles. The Morgan fingerprint density at radius 2 is 2.00 bits per heavy atom. The van der Waals surface area contributed by atoms with Gasteiger partial charge in [0.2, 0.25) is 5.91 Å². The van der Waals surface area contributed by atoms with E-state index in [-0.39, 0.29) is 11.9 Å². The molecule has 1 N–H and O–H groups in total. The summed E-state index contributed by atoms with van der Waals surface area (Å²) in [6, 6.07) is 4.03. The topological polar surface area (TPSA) is 63.1 Å². The second-order valence-electron chi connectivity index (χ2n) is 7.39. The summed E-state index contributed by atoms with van der Waals surface area (Å²) in [4.78, 5) is 18.8. The molecule has 1 aliphatic heterocycles. The van der Waals surface area contributed by atoms with Gasteiger partial charge in [-0.25, -0.2) is 0 Å². The first kappa shape index (κ1) is 17.2. The van der Waals surface area contributed by atoms with Crippen molar-refractivity contribution >= 4 is 5.91 Å². The molecule has 4 rings (SSSR count). The van der Waals surface area contributed by atoms with Crippen molar-refractivity contribution in [2.45, 2.75) is 51.1 Å². The van der Waals surface area contributed by atoms with Gasteiger partial charge in [-0.3, -0.25) is 19.4 Å². The Hall–Kier alpha value is -2.21. The Kier molecular flexibility index (Phi) is 5.02. The number of hydrogen-bond acceptors (Lipinski definition) is 4. The summed E-state index contributed by atoms with van der Waals surface area (Å²) in [6.07, 6.45) is 10.5. The highest BCUT2D eigenvalue weighted by Crippen LogP contribution is 2.44. The molecule has 0 spiro atoms. The number of nitrogens with one attached hydrogen (secondary N) is 1. The van der Waals surface area contributed by atoms with E-state index < -0.39 is 0 Å². The van der Waals surface area contributed by atoms with Crippen molar-refractivity contribution in [1.29, 1.82) is 0 Å². The highest BCUT2D eigenvalue weighted by molar-refractivity contribution is 5.81. The van der Waals surface area contributed by atoms with Gasteiger partial charge in [0.05, 0.1) is 18.8 Å². The SMILES string of the molecule is CC(C(=O)NCCn1ncc(-c2ccncc2)c1C1CC1)N1CCCC1. The van der Waals surface area contributed by atoms with E-state index in [4.69, 9.17) is 0 Å². The molecule has 138 valence electrons.